The largest absolute Gasteiger partial charge is 0.444 e. The van der Waals surface area contributed by atoms with Crippen molar-refractivity contribution in [2.24, 2.45) is 4.99 Å². The van der Waals surface area contributed by atoms with Gasteiger partial charge in [0.15, 0.2) is 0 Å². The molecular weight excluding hydrogens is 384 g/mol. The number of ether oxygens (including phenoxy) is 2. The van der Waals surface area contributed by atoms with Crippen LogP contribution in [0.5, 0.6) is 0 Å². The number of aliphatic hydroxyl groups is 1. The minimum absolute atomic E-state index is 0.187. The Labute approximate surface area is 179 Å². The van der Waals surface area contributed by atoms with Crippen molar-refractivity contribution in [3.8, 4) is 0 Å². The van der Waals surface area contributed by atoms with Gasteiger partial charge in [-0.1, -0.05) is 24.3 Å². The molecule has 1 rings (SSSR count). The van der Waals surface area contributed by atoms with Crippen LogP contribution in [0.3, 0.4) is 0 Å². The second-order valence-electron chi connectivity index (χ2n) is 9.16. The van der Waals surface area contributed by atoms with Gasteiger partial charge in [-0.3, -0.25) is 5.32 Å². The third kappa shape index (κ3) is 12.2. The van der Waals surface area contributed by atoms with Gasteiger partial charge < -0.3 is 14.6 Å². The average molecular weight is 421 g/mol. The number of amides is 2. The molecule has 0 spiro atoms. The lowest BCUT2D eigenvalue weighted by Crippen LogP contribution is -2.37. The van der Waals surface area contributed by atoms with Crippen molar-refractivity contribution in [2.75, 3.05) is 6.61 Å². The Hall–Kier alpha value is -2.41. The minimum Gasteiger partial charge on any atom is -0.444 e. The number of amidine groups is 1. The molecule has 0 aliphatic rings. The van der Waals surface area contributed by atoms with E-state index < -0.39 is 23.4 Å². The number of benzene rings is 1. The molecule has 1 aromatic rings. The lowest BCUT2D eigenvalue weighted by Gasteiger charge is -2.20. The molecule has 0 heterocycles. The van der Waals surface area contributed by atoms with Gasteiger partial charge in [-0.15, -0.1) is 0 Å². The highest BCUT2D eigenvalue weighted by Gasteiger charge is 2.20. The molecular formula is C23H36N2O5. The Morgan fingerprint density at radius 3 is 1.87 bits per heavy atom. The van der Waals surface area contributed by atoms with E-state index in [4.69, 9.17) is 14.6 Å². The fraction of sp³-hybridized carbons (Fsp3) is 0.609. The van der Waals surface area contributed by atoms with Crippen LogP contribution in [-0.2, 0) is 22.3 Å². The van der Waals surface area contributed by atoms with E-state index in [1.165, 1.54) is 5.56 Å². The summed E-state index contributed by atoms with van der Waals surface area (Å²) in [4.78, 5) is 28.1. The first kappa shape index (κ1) is 25.6. The summed E-state index contributed by atoms with van der Waals surface area (Å²) < 4.78 is 10.5. The van der Waals surface area contributed by atoms with Crippen molar-refractivity contribution >= 4 is 18.0 Å². The van der Waals surface area contributed by atoms with Crippen LogP contribution in [0.4, 0.5) is 9.59 Å². The van der Waals surface area contributed by atoms with Crippen LogP contribution in [0.25, 0.3) is 0 Å². The van der Waals surface area contributed by atoms with Crippen LogP contribution in [0.15, 0.2) is 29.3 Å². The molecule has 0 aliphatic heterocycles. The summed E-state index contributed by atoms with van der Waals surface area (Å²) in [6, 6.07) is 8.22. The lowest BCUT2D eigenvalue weighted by molar-refractivity contribution is 0.0561. The molecule has 0 aliphatic carbocycles. The molecule has 0 saturated heterocycles. The number of aliphatic imine (C=N–C) groups is 1. The summed E-state index contributed by atoms with van der Waals surface area (Å²) in [5.41, 5.74) is 1.01. The van der Waals surface area contributed by atoms with Gasteiger partial charge in [-0.2, -0.15) is 4.99 Å². The number of nitrogens with zero attached hydrogens (tertiary/aromatic N) is 1. The van der Waals surface area contributed by atoms with Gasteiger partial charge in [-0.05, 0) is 78.4 Å². The molecule has 30 heavy (non-hydrogen) atoms. The van der Waals surface area contributed by atoms with Crippen LogP contribution in [0, 0.1) is 0 Å². The predicted molar refractivity (Wildman–Crippen MR) is 118 cm³/mol. The number of hydrogen-bond donors (Lipinski definition) is 2. The maximum absolute atomic E-state index is 12.1. The summed E-state index contributed by atoms with van der Waals surface area (Å²) >= 11 is 0. The average Bonchev–Trinajstić information content (AvgIpc) is 2.57. The summed E-state index contributed by atoms with van der Waals surface area (Å²) in [5.74, 6) is 0.220. The maximum atomic E-state index is 12.1. The molecule has 7 nitrogen and oxygen atoms in total. The quantitative estimate of drug-likeness (QED) is 0.488. The first-order valence-electron chi connectivity index (χ1n) is 10.4. The van der Waals surface area contributed by atoms with Crippen LogP contribution < -0.4 is 5.32 Å². The Bertz CT molecular complexity index is 713. The van der Waals surface area contributed by atoms with Gasteiger partial charge in [0.25, 0.3) is 0 Å². The lowest BCUT2D eigenvalue weighted by atomic mass is 10.0. The number of aryl methyl sites for hydroxylation is 2. The molecule has 0 aromatic heterocycles. The molecule has 0 fully saturated rings. The van der Waals surface area contributed by atoms with E-state index in [-0.39, 0.29) is 12.4 Å². The highest BCUT2D eigenvalue weighted by Crippen LogP contribution is 2.12. The number of carbonyl (C=O) groups excluding carboxylic acids is 2. The third-order valence-electron chi connectivity index (χ3n) is 3.79. The van der Waals surface area contributed by atoms with Gasteiger partial charge in [0.05, 0.1) is 0 Å². The van der Waals surface area contributed by atoms with Crippen LogP contribution in [0.1, 0.15) is 71.9 Å². The van der Waals surface area contributed by atoms with E-state index in [0.717, 1.165) is 24.8 Å². The summed E-state index contributed by atoms with van der Waals surface area (Å²) in [7, 11) is 0. The fourth-order valence-electron chi connectivity index (χ4n) is 2.58. The van der Waals surface area contributed by atoms with Crippen molar-refractivity contribution in [3.63, 3.8) is 0 Å². The SMILES string of the molecule is CC(C)(C)OC(=O)N=C(CCCc1ccc(CCCO)cc1)NC(=O)OC(C)(C)C. The van der Waals surface area contributed by atoms with Gasteiger partial charge in [0.2, 0.25) is 0 Å². The van der Waals surface area contributed by atoms with Crippen molar-refractivity contribution in [1.29, 1.82) is 0 Å². The highest BCUT2D eigenvalue weighted by molar-refractivity contribution is 6.00. The molecule has 0 bridgehead atoms. The molecule has 0 radical (unpaired) electrons. The van der Waals surface area contributed by atoms with Crippen molar-refractivity contribution in [1.82, 2.24) is 5.32 Å². The molecule has 2 amide bonds. The first-order valence-corrected chi connectivity index (χ1v) is 10.4. The smallest absolute Gasteiger partial charge is 0.435 e. The molecule has 168 valence electrons. The summed E-state index contributed by atoms with van der Waals surface area (Å²) in [6.07, 6.45) is 2.05. The second-order valence-corrected chi connectivity index (χ2v) is 9.16. The maximum Gasteiger partial charge on any atom is 0.435 e. The second kappa shape index (κ2) is 11.7. The van der Waals surface area contributed by atoms with Crippen molar-refractivity contribution in [2.45, 2.75) is 84.8 Å². The van der Waals surface area contributed by atoms with Gasteiger partial charge in [0, 0.05) is 13.0 Å². The summed E-state index contributed by atoms with van der Waals surface area (Å²) in [6.45, 7) is 10.7. The molecule has 7 heteroatoms. The van der Waals surface area contributed by atoms with Gasteiger partial charge >= 0.3 is 12.2 Å². The van der Waals surface area contributed by atoms with Crippen molar-refractivity contribution in [3.05, 3.63) is 35.4 Å². The number of rotatable bonds is 7. The monoisotopic (exact) mass is 420 g/mol. The zero-order chi connectivity index (χ0) is 22.8. The third-order valence-corrected chi connectivity index (χ3v) is 3.79. The van der Waals surface area contributed by atoms with Gasteiger partial charge in [0.1, 0.15) is 17.0 Å². The van der Waals surface area contributed by atoms with E-state index in [0.29, 0.717) is 12.8 Å². The zero-order valence-corrected chi connectivity index (χ0v) is 19.1. The predicted octanol–water partition coefficient (Wildman–Crippen LogP) is 4.79. The number of carbonyl (C=O) groups is 2. The number of aliphatic hydroxyl groups excluding tert-OH is 1. The van der Waals surface area contributed by atoms with Crippen LogP contribution in [-0.4, -0.2) is 40.9 Å². The van der Waals surface area contributed by atoms with E-state index in [2.05, 4.69) is 34.6 Å². The highest BCUT2D eigenvalue weighted by atomic mass is 16.6. The van der Waals surface area contributed by atoms with Crippen LogP contribution in [0.2, 0.25) is 0 Å². The Balaban J connectivity index is 2.72. The molecule has 2 N–H and O–H groups in total. The topological polar surface area (TPSA) is 97.2 Å². The number of hydrogen-bond acceptors (Lipinski definition) is 5. The Morgan fingerprint density at radius 2 is 1.40 bits per heavy atom. The Kier molecular flexibility index (Phi) is 9.99. The molecule has 0 unspecified atom stereocenters. The number of nitrogens with one attached hydrogen (secondary N) is 1. The fourth-order valence-corrected chi connectivity index (χ4v) is 2.58. The standard InChI is InChI=1S/C23H36N2O5/c1-22(2,3)29-20(27)24-19(25-21(28)30-23(4,5)6)11-7-9-17-12-14-18(15-13-17)10-8-16-26/h12-15,26H,7-11,16H2,1-6H3,(H,24,25,27,28). The zero-order valence-electron chi connectivity index (χ0n) is 19.1. The van der Waals surface area contributed by atoms with E-state index in [1.807, 2.05) is 0 Å². The normalized spacial score (nSPS) is 12.4. The van der Waals surface area contributed by atoms with E-state index in [1.54, 1.807) is 41.5 Å². The first-order chi connectivity index (χ1) is 13.9. The molecule has 0 saturated carbocycles. The van der Waals surface area contributed by atoms with E-state index in [9.17, 15) is 9.59 Å². The van der Waals surface area contributed by atoms with E-state index >= 15 is 0 Å². The molecule has 1 aromatic carbocycles. The van der Waals surface area contributed by atoms with Crippen molar-refractivity contribution < 1.29 is 24.2 Å². The Morgan fingerprint density at radius 1 is 0.900 bits per heavy atom. The van der Waals surface area contributed by atoms with Gasteiger partial charge in [-0.25, -0.2) is 9.59 Å². The molecule has 0 atom stereocenters. The number of alkyl carbamates (subject to hydrolysis) is 1. The summed E-state index contributed by atoms with van der Waals surface area (Å²) in [5, 5.41) is 11.5. The van der Waals surface area contributed by atoms with Crippen LogP contribution >= 0.6 is 0 Å². The minimum atomic E-state index is -0.748.